The van der Waals surface area contributed by atoms with E-state index < -0.39 is 6.29 Å². The molecule has 3 aromatic rings. The van der Waals surface area contributed by atoms with Gasteiger partial charge in [-0.2, -0.15) is 0 Å². The Hall–Kier alpha value is -2.44. The molecule has 0 bridgehead atoms. The minimum absolute atomic E-state index is 0.167. The van der Waals surface area contributed by atoms with Crippen molar-refractivity contribution in [3.8, 4) is 0 Å². The van der Waals surface area contributed by atoms with Crippen molar-refractivity contribution in [3.05, 3.63) is 108 Å². The van der Waals surface area contributed by atoms with Gasteiger partial charge < -0.3 is 37.6 Å². The molecule has 4 atom stereocenters. The molecule has 0 aliphatic carbocycles. The molecular formula is C53H84O8Si. The van der Waals surface area contributed by atoms with Crippen LogP contribution in [0.4, 0.5) is 0 Å². The Labute approximate surface area is 380 Å². The number of hydrogen-bond acceptors (Lipinski definition) is 8. The third-order valence-electron chi connectivity index (χ3n) is 11.6. The van der Waals surface area contributed by atoms with E-state index in [1.165, 1.54) is 113 Å². The molecule has 3 aromatic carbocycles. The van der Waals surface area contributed by atoms with Gasteiger partial charge in [-0.25, -0.2) is 0 Å². The lowest BCUT2D eigenvalue weighted by Crippen LogP contribution is -2.40. The second kappa shape index (κ2) is 36.8. The first-order chi connectivity index (χ1) is 30.8. The summed E-state index contributed by atoms with van der Waals surface area (Å²) in [5, 5.41) is 0. The van der Waals surface area contributed by atoms with Gasteiger partial charge >= 0.3 is 0 Å². The molecule has 348 valence electrons. The highest BCUT2D eigenvalue weighted by Gasteiger charge is 2.46. The number of hydrogen-bond donors (Lipinski definition) is 0. The van der Waals surface area contributed by atoms with Crippen molar-refractivity contribution >= 4 is 10.5 Å². The Morgan fingerprint density at radius 3 is 1.02 bits per heavy atom. The fourth-order valence-electron chi connectivity index (χ4n) is 8.00. The highest BCUT2D eigenvalue weighted by Crippen LogP contribution is 2.29. The SMILES string of the molecule is [SiH3]OC[C@H]1O[C@@H](OCCCCCCCCCOCc2ccccc2)[C@H](OCCCCCCCCCOCc2ccccc2)[C@@H]1OCCCCCCCCCOCc1ccccc1. The van der Waals surface area contributed by atoms with E-state index in [-0.39, 0.29) is 18.3 Å². The standard InChI is InChI=1S/C53H84O8Si/c62-60-46-50-51(57-40-28-13-7-1-4-10-25-37-54-43-47-31-19-16-20-32-47)52(58-41-29-14-8-2-5-11-26-38-55-44-48-33-21-17-22-34-48)53(61-50)59-42-30-15-9-3-6-12-27-39-56-45-49-35-23-18-24-36-49/h16-24,31-36,50-53H,1-15,25-30,37-46H2,62H3/t50-,51-,52-,53-/m1/s1. The maximum atomic E-state index is 6.61. The van der Waals surface area contributed by atoms with Gasteiger partial charge in [0.25, 0.3) is 0 Å². The molecule has 0 N–H and O–H groups in total. The monoisotopic (exact) mass is 877 g/mol. The van der Waals surface area contributed by atoms with Gasteiger partial charge in [0.15, 0.2) is 6.29 Å². The molecule has 4 rings (SSSR count). The van der Waals surface area contributed by atoms with Gasteiger partial charge in [-0.1, -0.05) is 187 Å². The van der Waals surface area contributed by atoms with Crippen LogP contribution < -0.4 is 0 Å². The number of unbranched alkanes of at least 4 members (excludes halogenated alkanes) is 18. The van der Waals surface area contributed by atoms with Crippen LogP contribution in [0.5, 0.6) is 0 Å². The van der Waals surface area contributed by atoms with E-state index in [9.17, 15) is 0 Å². The molecule has 0 aromatic heterocycles. The minimum Gasteiger partial charge on any atom is -0.425 e. The van der Waals surface area contributed by atoms with E-state index in [1.807, 2.05) is 18.2 Å². The first-order valence-electron chi connectivity index (χ1n) is 24.7. The minimum atomic E-state index is -0.418. The van der Waals surface area contributed by atoms with Crippen molar-refractivity contribution in [2.45, 2.75) is 179 Å². The smallest absolute Gasteiger partial charge is 0.186 e. The zero-order valence-corrected chi connectivity index (χ0v) is 40.7. The van der Waals surface area contributed by atoms with Gasteiger partial charge in [0, 0.05) is 39.6 Å². The van der Waals surface area contributed by atoms with Gasteiger partial charge in [-0.15, -0.1) is 0 Å². The predicted octanol–water partition coefficient (Wildman–Crippen LogP) is 11.6. The Morgan fingerprint density at radius 2 is 0.661 bits per heavy atom. The lowest BCUT2D eigenvalue weighted by atomic mass is 10.1. The number of benzene rings is 3. The van der Waals surface area contributed by atoms with E-state index in [0.717, 1.165) is 58.3 Å². The Balaban J connectivity index is 1.07. The second-order valence-corrected chi connectivity index (χ2v) is 17.7. The van der Waals surface area contributed by atoms with Gasteiger partial charge in [-0.05, 0) is 55.2 Å². The van der Waals surface area contributed by atoms with Crippen LogP contribution in [0.1, 0.15) is 152 Å². The van der Waals surface area contributed by atoms with Crippen LogP contribution in [0.15, 0.2) is 91.0 Å². The van der Waals surface area contributed by atoms with Gasteiger partial charge in [-0.3, -0.25) is 0 Å². The van der Waals surface area contributed by atoms with Crippen LogP contribution in [-0.4, -0.2) is 81.3 Å². The summed E-state index contributed by atoms with van der Waals surface area (Å²) < 4.78 is 49.4. The zero-order valence-electron chi connectivity index (χ0n) is 38.7. The summed E-state index contributed by atoms with van der Waals surface area (Å²) in [7, 11) is 0.661. The Morgan fingerprint density at radius 1 is 0.355 bits per heavy atom. The van der Waals surface area contributed by atoms with Crippen LogP contribution in [0.2, 0.25) is 0 Å². The van der Waals surface area contributed by atoms with Crippen molar-refractivity contribution < 1.29 is 37.6 Å². The summed E-state index contributed by atoms with van der Waals surface area (Å²) in [4.78, 5) is 0. The van der Waals surface area contributed by atoms with Crippen molar-refractivity contribution in [3.63, 3.8) is 0 Å². The highest BCUT2D eigenvalue weighted by atomic mass is 28.2. The summed E-state index contributed by atoms with van der Waals surface area (Å²) in [6, 6.07) is 31.3. The van der Waals surface area contributed by atoms with Gasteiger partial charge in [0.05, 0.1) is 26.4 Å². The molecule has 0 unspecified atom stereocenters. The molecule has 0 amide bonds. The zero-order chi connectivity index (χ0) is 43.2. The van der Waals surface area contributed by atoms with Crippen LogP contribution in [0, 0.1) is 0 Å². The molecule has 1 saturated heterocycles. The molecule has 0 saturated carbocycles. The first-order valence-corrected chi connectivity index (χ1v) is 25.5. The molecule has 0 radical (unpaired) electrons. The number of ether oxygens (including phenoxy) is 7. The summed E-state index contributed by atoms with van der Waals surface area (Å²) in [5.74, 6) is 0. The molecular weight excluding hydrogens is 793 g/mol. The predicted molar refractivity (Wildman–Crippen MR) is 255 cm³/mol. The molecule has 1 fully saturated rings. The van der Waals surface area contributed by atoms with E-state index >= 15 is 0 Å². The summed E-state index contributed by atoms with van der Waals surface area (Å²) in [6.45, 7) is 7.25. The topological polar surface area (TPSA) is 73.8 Å². The molecule has 1 aliphatic rings. The molecule has 1 heterocycles. The van der Waals surface area contributed by atoms with E-state index in [2.05, 4.69) is 72.8 Å². The molecule has 9 heteroatoms. The lowest BCUT2D eigenvalue weighted by molar-refractivity contribution is -0.180. The number of rotatable bonds is 41. The average Bonchev–Trinajstić information content (AvgIpc) is 3.63. The molecule has 62 heavy (non-hydrogen) atoms. The molecule has 8 nitrogen and oxygen atoms in total. The summed E-state index contributed by atoms with van der Waals surface area (Å²) in [6.07, 6.45) is 23.9. The van der Waals surface area contributed by atoms with E-state index in [0.29, 0.717) is 56.7 Å². The highest BCUT2D eigenvalue weighted by molar-refractivity contribution is 5.97. The van der Waals surface area contributed by atoms with Crippen LogP contribution in [0.3, 0.4) is 0 Å². The maximum Gasteiger partial charge on any atom is 0.186 e. The molecule has 0 spiro atoms. The summed E-state index contributed by atoms with van der Waals surface area (Å²) in [5.41, 5.74) is 3.73. The van der Waals surface area contributed by atoms with Crippen molar-refractivity contribution in [1.82, 2.24) is 0 Å². The van der Waals surface area contributed by atoms with Crippen LogP contribution >= 0.6 is 0 Å². The fourth-order valence-corrected chi connectivity index (χ4v) is 8.33. The van der Waals surface area contributed by atoms with Gasteiger partial charge in [0.2, 0.25) is 0 Å². The largest absolute Gasteiger partial charge is 0.425 e. The second-order valence-electron chi connectivity index (χ2n) is 17.1. The third-order valence-corrected chi connectivity index (χ3v) is 12.0. The van der Waals surface area contributed by atoms with Crippen molar-refractivity contribution in [1.29, 1.82) is 0 Å². The Kier molecular flexibility index (Phi) is 31.0. The normalized spacial score (nSPS) is 17.6. The van der Waals surface area contributed by atoms with E-state index in [4.69, 9.17) is 37.6 Å². The summed E-state index contributed by atoms with van der Waals surface area (Å²) >= 11 is 0. The first kappa shape index (κ1) is 52.2. The Bertz CT molecular complexity index is 1400. The molecule has 1 aliphatic heterocycles. The third kappa shape index (κ3) is 25.2. The quantitative estimate of drug-likeness (QED) is 0.0412. The van der Waals surface area contributed by atoms with Crippen molar-refractivity contribution in [2.24, 2.45) is 0 Å². The lowest BCUT2D eigenvalue weighted by Gasteiger charge is -2.25. The van der Waals surface area contributed by atoms with E-state index in [1.54, 1.807) is 0 Å². The fraction of sp³-hybridized carbons (Fsp3) is 0.660. The average molecular weight is 877 g/mol. The van der Waals surface area contributed by atoms with Crippen LogP contribution in [0.25, 0.3) is 0 Å². The maximum absolute atomic E-state index is 6.61. The van der Waals surface area contributed by atoms with Gasteiger partial charge in [0.1, 0.15) is 28.8 Å². The van der Waals surface area contributed by atoms with Crippen LogP contribution in [-0.2, 0) is 57.4 Å². The van der Waals surface area contributed by atoms with Crippen molar-refractivity contribution in [2.75, 3.05) is 46.2 Å².